The van der Waals surface area contributed by atoms with E-state index in [0.717, 1.165) is 0 Å². The van der Waals surface area contributed by atoms with Gasteiger partial charge in [0.25, 0.3) is 0 Å². The standard InChI is InChI=1S/C3H10N2.C2H6/c1-3(5)2-4;1-2/h3H,2,4-5H2,1H3;1-2H3. The molecule has 0 aromatic carbocycles. The van der Waals surface area contributed by atoms with Crippen molar-refractivity contribution >= 4 is 0 Å². The Kier molecular flexibility index (Phi) is 13.3. The Hall–Kier alpha value is -0.0800. The van der Waals surface area contributed by atoms with E-state index < -0.39 is 0 Å². The van der Waals surface area contributed by atoms with Gasteiger partial charge in [0.1, 0.15) is 0 Å². The van der Waals surface area contributed by atoms with Crippen LogP contribution in [0.5, 0.6) is 0 Å². The van der Waals surface area contributed by atoms with Gasteiger partial charge in [0, 0.05) is 12.6 Å². The van der Waals surface area contributed by atoms with Crippen LogP contribution in [-0.2, 0) is 0 Å². The second kappa shape index (κ2) is 9.33. The molecule has 46 valence electrons. The molecule has 7 heavy (non-hydrogen) atoms. The quantitative estimate of drug-likeness (QED) is 0.503. The molecule has 0 amide bonds. The molecule has 1 atom stereocenters. The third kappa shape index (κ3) is 24.7. The molecule has 0 rings (SSSR count). The van der Waals surface area contributed by atoms with E-state index in [2.05, 4.69) is 0 Å². The van der Waals surface area contributed by atoms with Crippen LogP contribution >= 0.6 is 0 Å². The molecule has 1 unspecified atom stereocenters. The normalized spacial score (nSPS) is 11.6. The molecule has 0 aliphatic heterocycles. The molecule has 0 heterocycles. The predicted molar refractivity (Wildman–Crippen MR) is 34.1 cm³/mol. The molecule has 0 bridgehead atoms. The number of hydrogen-bond donors (Lipinski definition) is 2. The minimum Gasteiger partial charge on any atom is -0.329 e. The van der Waals surface area contributed by atoms with Gasteiger partial charge in [-0.3, -0.25) is 0 Å². The van der Waals surface area contributed by atoms with Gasteiger partial charge in [-0.05, 0) is 6.92 Å². The van der Waals surface area contributed by atoms with Crippen LogP contribution in [0.2, 0.25) is 0 Å². The summed E-state index contributed by atoms with van der Waals surface area (Å²) >= 11 is 0. The predicted octanol–water partition coefficient (Wildman–Crippen LogP) is 0.319. The summed E-state index contributed by atoms with van der Waals surface area (Å²) < 4.78 is 0. The highest BCUT2D eigenvalue weighted by molar-refractivity contribution is 4.48. The summed E-state index contributed by atoms with van der Waals surface area (Å²) in [4.78, 5) is 0. The summed E-state index contributed by atoms with van der Waals surface area (Å²) in [5.41, 5.74) is 10.2. The van der Waals surface area contributed by atoms with Crippen LogP contribution in [0.1, 0.15) is 20.8 Å². The van der Waals surface area contributed by atoms with Crippen molar-refractivity contribution in [2.75, 3.05) is 6.54 Å². The highest BCUT2D eigenvalue weighted by Crippen LogP contribution is 1.59. The first-order valence-electron chi connectivity index (χ1n) is 2.73. The maximum atomic E-state index is 5.17. The summed E-state index contributed by atoms with van der Waals surface area (Å²) in [6.07, 6.45) is 0. The summed E-state index contributed by atoms with van der Waals surface area (Å²) in [6, 6.07) is 0.162. The van der Waals surface area contributed by atoms with Crippen LogP contribution in [0.4, 0.5) is 0 Å². The minimum absolute atomic E-state index is 0.162. The molecule has 2 heteroatoms. The topological polar surface area (TPSA) is 52.0 Å². The van der Waals surface area contributed by atoms with Gasteiger partial charge in [-0.25, -0.2) is 0 Å². The van der Waals surface area contributed by atoms with Crippen molar-refractivity contribution in [3.63, 3.8) is 0 Å². The van der Waals surface area contributed by atoms with Crippen molar-refractivity contribution in [3.05, 3.63) is 0 Å². The Balaban J connectivity index is 0. The van der Waals surface area contributed by atoms with Crippen LogP contribution in [-0.4, -0.2) is 12.6 Å². The zero-order chi connectivity index (χ0) is 6.28. The zero-order valence-electron chi connectivity index (χ0n) is 5.44. The van der Waals surface area contributed by atoms with E-state index in [9.17, 15) is 0 Å². The Bertz CT molecular complexity index is 20.0. The molecule has 0 radical (unpaired) electrons. The molecule has 4 N–H and O–H groups in total. The first kappa shape index (κ1) is 10.0. The molecular formula is C5H16N2. The van der Waals surface area contributed by atoms with Crippen molar-refractivity contribution in [2.45, 2.75) is 26.8 Å². The lowest BCUT2D eigenvalue weighted by Crippen LogP contribution is -2.25. The monoisotopic (exact) mass is 104 g/mol. The average molecular weight is 104 g/mol. The van der Waals surface area contributed by atoms with Gasteiger partial charge in [-0.1, -0.05) is 13.8 Å². The second-order valence-corrected chi connectivity index (χ2v) is 1.21. The van der Waals surface area contributed by atoms with Gasteiger partial charge in [-0.15, -0.1) is 0 Å². The molecule has 0 spiro atoms. The van der Waals surface area contributed by atoms with E-state index in [1.54, 1.807) is 0 Å². The first-order valence-corrected chi connectivity index (χ1v) is 2.73. The van der Waals surface area contributed by atoms with Crippen molar-refractivity contribution in [1.82, 2.24) is 0 Å². The maximum Gasteiger partial charge on any atom is 0.0134 e. The van der Waals surface area contributed by atoms with Crippen LogP contribution in [0, 0.1) is 0 Å². The number of hydrogen-bond acceptors (Lipinski definition) is 2. The summed E-state index contributed by atoms with van der Waals surface area (Å²) in [5.74, 6) is 0. The van der Waals surface area contributed by atoms with E-state index in [-0.39, 0.29) is 6.04 Å². The van der Waals surface area contributed by atoms with E-state index in [0.29, 0.717) is 6.54 Å². The lowest BCUT2D eigenvalue weighted by Gasteiger charge is -1.92. The molecule has 0 fully saturated rings. The maximum absolute atomic E-state index is 5.17. The van der Waals surface area contributed by atoms with Crippen LogP contribution in [0.25, 0.3) is 0 Å². The average Bonchev–Trinajstić information content (AvgIpc) is 1.73. The zero-order valence-corrected chi connectivity index (χ0v) is 5.44. The molecule has 0 aromatic rings. The first-order chi connectivity index (χ1) is 3.27. The fourth-order valence-corrected chi connectivity index (χ4v) is 0. The lowest BCUT2D eigenvalue weighted by atomic mass is 10.4. The summed E-state index contributed by atoms with van der Waals surface area (Å²) in [5, 5.41) is 0. The largest absolute Gasteiger partial charge is 0.329 e. The van der Waals surface area contributed by atoms with Crippen molar-refractivity contribution < 1.29 is 0 Å². The molecule has 0 saturated carbocycles. The molecule has 0 aliphatic rings. The molecule has 0 aromatic heterocycles. The fraction of sp³-hybridized carbons (Fsp3) is 1.00. The number of rotatable bonds is 1. The van der Waals surface area contributed by atoms with Crippen LogP contribution in [0.3, 0.4) is 0 Å². The highest BCUT2D eigenvalue weighted by atomic mass is 14.7. The van der Waals surface area contributed by atoms with Gasteiger partial charge in [0.15, 0.2) is 0 Å². The van der Waals surface area contributed by atoms with Gasteiger partial charge in [0.05, 0.1) is 0 Å². The Morgan fingerprint density at radius 3 is 1.57 bits per heavy atom. The van der Waals surface area contributed by atoms with Gasteiger partial charge >= 0.3 is 0 Å². The Morgan fingerprint density at radius 1 is 1.43 bits per heavy atom. The lowest BCUT2D eigenvalue weighted by molar-refractivity contribution is 0.752. The molecule has 2 nitrogen and oxygen atoms in total. The number of nitrogens with two attached hydrogens (primary N) is 2. The van der Waals surface area contributed by atoms with Crippen molar-refractivity contribution in [2.24, 2.45) is 11.5 Å². The van der Waals surface area contributed by atoms with E-state index in [1.807, 2.05) is 20.8 Å². The fourth-order valence-electron chi connectivity index (χ4n) is 0. The van der Waals surface area contributed by atoms with Crippen LogP contribution < -0.4 is 11.5 Å². The van der Waals surface area contributed by atoms with E-state index in [1.165, 1.54) is 0 Å². The molecule has 0 aliphatic carbocycles. The Labute approximate surface area is 45.9 Å². The van der Waals surface area contributed by atoms with E-state index >= 15 is 0 Å². The van der Waals surface area contributed by atoms with Crippen molar-refractivity contribution in [3.8, 4) is 0 Å². The molecular weight excluding hydrogens is 88.1 g/mol. The van der Waals surface area contributed by atoms with Crippen molar-refractivity contribution in [1.29, 1.82) is 0 Å². The summed E-state index contributed by atoms with van der Waals surface area (Å²) in [6.45, 7) is 6.46. The van der Waals surface area contributed by atoms with Gasteiger partial charge in [-0.2, -0.15) is 0 Å². The SMILES string of the molecule is CC.CC(N)CN. The second-order valence-electron chi connectivity index (χ2n) is 1.21. The highest BCUT2D eigenvalue weighted by Gasteiger charge is 1.79. The third-order valence-corrected chi connectivity index (χ3v) is 0.372. The minimum atomic E-state index is 0.162. The van der Waals surface area contributed by atoms with Gasteiger partial charge in [0.2, 0.25) is 0 Å². The van der Waals surface area contributed by atoms with Crippen LogP contribution in [0.15, 0.2) is 0 Å². The third-order valence-electron chi connectivity index (χ3n) is 0.372. The Morgan fingerprint density at radius 2 is 1.57 bits per heavy atom. The molecule has 0 saturated heterocycles. The smallest absolute Gasteiger partial charge is 0.0134 e. The van der Waals surface area contributed by atoms with Gasteiger partial charge < -0.3 is 11.5 Å². The van der Waals surface area contributed by atoms with E-state index in [4.69, 9.17) is 11.5 Å². The summed E-state index contributed by atoms with van der Waals surface area (Å²) in [7, 11) is 0.